The number of benzene rings is 2. The minimum Gasteiger partial charge on any atom is -0.463 e. The largest absolute Gasteiger partial charge is 0.463 e. The van der Waals surface area contributed by atoms with Gasteiger partial charge in [-0.05, 0) is 49.0 Å². The molecule has 2 bridgehead atoms. The lowest BCUT2D eigenvalue weighted by atomic mass is 9.98. The Morgan fingerprint density at radius 3 is 2.62 bits per heavy atom. The SMILES string of the molecule is CCC(CO)COc1nc(N2CC3CCC(C3)C2)c2cnc(-c3cccc4cccc(Cl)c34)c(F)c2n1. The Hall–Kier alpha value is -3.03. The number of aliphatic hydroxyl groups excluding tert-OH is 1. The Morgan fingerprint density at radius 2 is 1.89 bits per heavy atom. The van der Waals surface area contributed by atoms with Gasteiger partial charge in [0.2, 0.25) is 0 Å². The molecule has 0 amide bonds. The Bertz CT molecular complexity index is 1440. The van der Waals surface area contributed by atoms with Crippen molar-refractivity contribution in [2.45, 2.75) is 32.6 Å². The van der Waals surface area contributed by atoms with Crippen LogP contribution in [0.5, 0.6) is 6.01 Å². The molecule has 1 aliphatic carbocycles. The average Bonchev–Trinajstić information content (AvgIpc) is 3.26. The van der Waals surface area contributed by atoms with Crippen LogP contribution in [-0.2, 0) is 0 Å². The van der Waals surface area contributed by atoms with E-state index in [0.717, 1.165) is 30.3 Å². The minimum atomic E-state index is -0.521. The maximum absolute atomic E-state index is 16.3. The number of pyridine rings is 1. The van der Waals surface area contributed by atoms with Crippen LogP contribution in [0.15, 0.2) is 42.6 Å². The van der Waals surface area contributed by atoms with Crippen molar-refractivity contribution in [1.29, 1.82) is 0 Å². The van der Waals surface area contributed by atoms with Crippen molar-refractivity contribution in [3.63, 3.8) is 0 Å². The summed E-state index contributed by atoms with van der Waals surface area (Å²) in [6.07, 6.45) is 6.14. The Morgan fingerprint density at radius 1 is 1.14 bits per heavy atom. The van der Waals surface area contributed by atoms with Crippen LogP contribution in [0.3, 0.4) is 0 Å². The highest BCUT2D eigenvalue weighted by atomic mass is 35.5. The van der Waals surface area contributed by atoms with Crippen LogP contribution in [0.25, 0.3) is 32.9 Å². The highest BCUT2D eigenvalue weighted by Crippen LogP contribution is 2.41. The number of hydrogen-bond donors (Lipinski definition) is 1. The smallest absolute Gasteiger partial charge is 0.319 e. The molecule has 0 spiro atoms. The van der Waals surface area contributed by atoms with Gasteiger partial charge in [-0.15, -0.1) is 0 Å². The van der Waals surface area contributed by atoms with Gasteiger partial charge in [-0.1, -0.05) is 48.9 Å². The molecule has 4 aromatic rings. The summed E-state index contributed by atoms with van der Waals surface area (Å²) in [6.45, 7) is 4.04. The van der Waals surface area contributed by atoms with Gasteiger partial charge in [0, 0.05) is 47.8 Å². The number of ether oxygens (including phenoxy) is 1. The summed E-state index contributed by atoms with van der Waals surface area (Å²) in [5.74, 6) is 1.36. The first kappa shape index (κ1) is 24.3. The molecule has 2 aromatic carbocycles. The second-order valence-electron chi connectivity index (χ2n) is 10.4. The van der Waals surface area contributed by atoms with E-state index in [2.05, 4.69) is 14.9 Å². The minimum absolute atomic E-state index is 0.0106. The Balaban J connectivity index is 1.50. The zero-order valence-electron chi connectivity index (χ0n) is 20.8. The number of aliphatic hydroxyl groups is 1. The van der Waals surface area contributed by atoms with Gasteiger partial charge in [0.15, 0.2) is 5.82 Å². The molecule has 6 nitrogen and oxygen atoms in total. The van der Waals surface area contributed by atoms with Crippen LogP contribution in [0.4, 0.5) is 10.2 Å². The van der Waals surface area contributed by atoms with E-state index in [-0.39, 0.29) is 36.4 Å². The standard InChI is InChI=1S/C29H30ClFN4O2/c1-2-17(15-36)16-37-29-33-27-22(28(34-29)35-13-18-9-10-19(11-18)14-35)12-32-26(25(27)31)21-7-3-5-20-6-4-8-23(30)24(20)21/h3-8,12,17-19,36H,2,9-11,13-16H2,1H3. The molecule has 192 valence electrons. The van der Waals surface area contributed by atoms with Crippen LogP contribution in [0.2, 0.25) is 5.02 Å². The van der Waals surface area contributed by atoms with E-state index in [4.69, 9.17) is 21.3 Å². The third kappa shape index (κ3) is 4.48. The zero-order valence-corrected chi connectivity index (χ0v) is 21.6. The number of hydrogen-bond acceptors (Lipinski definition) is 6. The van der Waals surface area contributed by atoms with Crippen LogP contribution in [0.1, 0.15) is 32.6 Å². The molecule has 1 saturated carbocycles. The fraction of sp³-hybridized carbons (Fsp3) is 0.414. The fourth-order valence-corrected chi connectivity index (χ4v) is 6.16. The topological polar surface area (TPSA) is 71.4 Å². The number of rotatable bonds is 7. The van der Waals surface area contributed by atoms with Crippen molar-refractivity contribution in [3.05, 3.63) is 53.4 Å². The molecule has 37 heavy (non-hydrogen) atoms. The number of anilines is 1. The van der Waals surface area contributed by atoms with Crippen molar-refractivity contribution in [2.75, 3.05) is 31.2 Å². The lowest BCUT2D eigenvalue weighted by Gasteiger charge is -2.33. The molecule has 1 aliphatic heterocycles. The summed E-state index contributed by atoms with van der Waals surface area (Å²) in [4.78, 5) is 16.1. The lowest BCUT2D eigenvalue weighted by Crippen LogP contribution is -2.37. The van der Waals surface area contributed by atoms with Crippen molar-refractivity contribution in [2.24, 2.45) is 17.8 Å². The highest BCUT2D eigenvalue weighted by Gasteiger charge is 2.34. The molecule has 2 fully saturated rings. The lowest BCUT2D eigenvalue weighted by molar-refractivity contribution is 0.153. The summed E-state index contributed by atoms with van der Waals surface area (Å²) in [5.41, 5.74) is 0.999. The van der Waals surface area contributed by atoms with Gasteiger partial charge in [-0.25, -0.2) is 4.39 Å². The van der Waals surface area contributed by atoms with E-state index in [9.17, 15) is 5.11 Å². The Kier molecular flexibility index (Phi) is 6.59. The molecule has 1 saturated heterocycles. The summed E-state index contributed by atoms with van der Waals surface area (Å²) >= 11 is 6.54. The molecule has 0 radical (unpaired) electrons. The monoisotopic (exact) mass is 520 g/mol. The third-order valence-corrected chi connectivity index (χ3v) is 8.26. The van der Waals surface area contributed by atoms with E-state index in [1.807, 2.05) is 37.3 Å². The molecule has 3 heterocycles. The number of aromatic nitrogens is 3. The average molecular weight is 521 g/mol. The second-order valence-corrected chi connectivity index (χ2v) is 10.8. The van der Waals surface area contributed by atoms with Crippen molar-refractivity contribution >= 4 is 39.1 Å². The van der Waals surface area contributed by atoms with Gasteiger partial charge >= 0.3 is 6.01 Å². The van der Waals surface area contributed by atoms with Crippen LogP contribution >= 0.6 is 11.6 Å². The van der Waals surface area contributed by atoms with Crippen molar-refractivity contribution < 1.29 is 14.2 Å². The van der Waals surface area contributed by atoms with Gasteiger partial charge in [0.1, 0.15) is 17.0 Å². The van der Waals surface area contributed by atoms with Gasteiger partial charge in [-0.3, -0.25) is 4.98 Å². The molecule has 6 rings (SSSR count). The molecule has 3 atom stereocenters. The van der Waals surface area contributed by atoms with Gasteiger partial charge in [0.25, 0.3) is 0 Å². The summed E-state index contributed by atoms with van der Waals surface area (Å²) in [7, 11) is 0. The van der Waals surface area contributed by atoms with Crippen LogP contribution < -0.4 is 9.64 Å². The number of halogens is 2. The fourth-order valence-electron chi connectivity index (χ4n) is 5.88. The first-order valence-corrected chi connectivity index (χ1v) is 13.5. The first-order chi connectivity index (χ1) is 18.1. The number of piperidine rings is 1. The van der Waals surface area contributed by atoms with Crippen molar-refractivity contribution in [1.82, 2.24) is 15.0 Å². The number of fused-ring (bicyclic) bond motifs is 4. The van der Waals surface area contributed by atoms with E-state index >= 15 is 4.39 Å². The predicted octanol–water partition coefficient (Wildman–Crippen LogP) is 6.27. The van der Waals surface area contributed by atoms with E-state index in [1.54, 1.807) is 12.3 Å². The van der Waals surface area contributed by atoms with Gasteiger partial charge < -0.3 is 14.7 Å². The molecular formula is C29H30ClFN4O2. The first-order valence-electron chi connectivity index (χ1n) is 13.1. The van der Waals surface area contributed by atoms with E-state index in [1.165, 1.54) is 19.3 Å². The maximum Gasteiger partial charge on any atom is 0.319 e. The van der Waals surface area contributed by atoms with E-state index < -0.39 is 5.82 Å². The molecule has 1 N–H and O–H groups in total. The molecule has 2 aliphatic rings. The highest BCUT2D eigenvalue weighted by molar-refractivity contribution is 6.36. The second kappa shape index (κ2) is 10.0. The quantitative estimate of drug-likeness (QED) is 0.309. The van der Waals surface area contributed by atoms with E-state index in [0.29, 0.717) is 33.6 Å². The molecular weight excluding hydrogens is 491 g/mol. The Labute approximate surface area is 220 Å². The summed E-state index contributed by atoms with van der Waals surface area (Å²) < 4.78 is 22.3. The van der Waals surface area contributed by atoms with Crippen LogP contribution in [0, 0.1) is 23.6 Å². The molecule has 3 unspecified atom stereocenters. The maximum atomic E-state index is 16.3. The predicted molar refractivity (Wildman–Crippen MR) is 145 cm³/mol. The zero-order chi connectivity index (χ0) is 25.5. The summed E-state index contributed by atoms with van der Waals surface area (Å²) in [5, 5.41) is 12.4. The van der Waals surface area contributed by atoms with Crippen LogP contribution in [-0.4, -0.2) is 46.4 Å². The third-order valence-electron chi connectivity index (χ3n) is 7.94. The van der Waals surface area contributed by atoms with Crippen molar-refractivity contribution in [3.8, 4) is 17.3 Å². The summed E-state index contributed by atoms with van der Waals surface area (Å²) in [6, 6.07) is 11.4. The van der Waals surface area contributed by atoms with Gasteiger partial charge in [-0.2, -0.15) is 9.97 Å². The van der Waals surface area contributed by atoms with Gasteiger partial charge in [0.05, 0.1) is 12.0 Å². The normalized spacial score (nSPS) is 20.1. The molecule has 2 aromatic heterocycles. The number of nitrogens with zero attached hydrogens (tertiary/aromatic N) is 4. The molecule has 8 heteroatoms.